The second kappa shape index (κ2) is 7.47. The van der Waals surface area contributed by atoms with Crippen LogP contribution in [0.25, 0.3) is 0 Å². The van der Waals surface area contributed by atoms with Crippen molar-refractivity contribution >= 4 is 17.7 Å². The molecule has 1 aliphatic rings. The lowest BCUT2D eigenvalue weighted by atomic mass is 10.0. The highest BCUT2D eigenvalue weighted by Gasteiger charge is 2.27. The molecule has 5 nitrogen and oxygen atoms in total. The summed E-state index contributed by atoms with van der Waals surface area (Å²) in [5.74, 6) is -0.205. The third-order valence-electron chi connectivity index (χ3n) is 4.16. The molecule has 0 fully saturated rings. The van der Waals surface area contributed by atoms with Crippen molar-refractivity contribution in [1.29, 1.82) is 5.26 Å². The lowest BCUT2D eigenvalue weighted by Crippen LogP contribution is -3.10. The van der Waals surface area contributed by atoms with Gasteiger partial charge in [0.25, 0.3) is 5.03 Å². The van der Waals surface area contributed by atoms with Gasteiger partial charge in [0.1, 0.15) is 24.7 Å². The van der Waals surface area contributed by atoms with E-state index < -0.39 is 0 Å². The van der Waals surface area contributed by atoms with Gasteiger partial charge in [0.15, 0.2) is 5.69 Å². The van der Waals surface area contributed by atoms with Gasteiger partial charge in [0.05, 0.1) is 24.3 Å². The average molecular weight is 340 g/mol. The van der Waals surface area contributed by atoms with Crippen LogP contribution in [0, 0.1) is 11.3 Å². The Bertz CT molecular complexity index is 786. The van der Waals surface area contributed by atoms with E-state index in [1.807, 2.05) is 12.1 Å². The normalized spacial score (nSPS) is 16.2. The number of amides is 1. The maximum Gasteiger partial charge on any atom is 0.257 e. The van der Waals surface area contributed by atoms with Gasteiger partial charge in [-0.3, -0.25) is 4.79 Å². The van der Waals surface area contributed by atoms with Crippen LogP contribution in [0.3, 0.4) is 0 Å². The van der Waals surface area contributed by atoms with Crippen LogP contribution in [-0.2, 0) is 24.3 Å². The molecule has 4 N–H and O–H groups in total. The van der Waals surface area contributed by atoms with Gasteiger partial charge in [-0.15, -0.1) is 0 Å². The third-order valence-corrected chi connectivity index (χ3v) is 5.20. The minimum Gasteiger partial charge on any atom is -0.369 e. The largest absolute Gasteiger partial charge is 0.369 e. The second-order valence-electron chi connectivity index (χ2n) is 5.97. The standard InChI is InChI=1S/C18H18N4OS/c19-9-14-8-15-11-22(10-13-4-2-1-3-5-13)7-6-16(15)21-18(14)24-12-17(20)23/h1-5,8H,6-7,10-12H2,(H2,20,23)/p+2. The lowest BCUT2D eigenvalue weighted by molar-refractivity contribution is -0.930. The smallest absolute Gasteiger partial charge is 0.257 e. The molecular formula is C18H20N4OS+2. The van der Waals surface area contributed by atoms with Crippen molar-refractivity contribution in [2.45, 2.75) is 24.5 Å². The van der Waals surface area contributed by atoms with Crippen LogP contribution in [0.2, 0.25) is 0 Å². The van der Waals surface area contributed by atoms with Crippen molar-refractivity contribution in [2.75, 3.05) is 12.3 Å². The van der Waals surface area contributed by atoms with Crippen LogP contribution in [-0.4, -0.2) is 18.2 Å². The number of pyridine rings is 1. The first kappa shape index (κ1) is 16.5. The van der Waals surface area contributed by atoms with Gasteiger partial charge in [-0.2, -0.15) is 5.26 Å². The summed E-state index contributed by atoms with van der Waals surface area (Å²) in [5, 5.41) is 10.1. The molecule has 0 saturated heterocycles. The molecule has 0 radical (unpaired) electrons. The number of nitrogens with zero attached hydrogens (tertiary/aromatic N) is 1. The Morgan fingerprint density at radius 3 is 2.88 bits per heavy atom. The number of quaternary nitrogens is 1. The first-order valence-corrected chi connectivity index (χ1v) is 8.91. The quantitative estimate of drug-likeness (QED) is 0.757. The SMILES string of the molecule is N#Cc1cc2c([nH+]c1SCC(N)=O)CC[NH+](Cc1ccccc1)C2. The number of fused-ring (bicyclic) bond motifs is 1. The highest BCUT2D eigenvalue weighted by Crippen LogP contribution is 2.20. The number of aromatic nitrogens is 1. The molecule has 1 amide bonds. The van der Waals surface area contributed by atoms with Gasteiger partial charge < -0.3 is 10.6 Å². The number of aromatic amines is 1. The van der Waals surface area contributed by atoms with Crippen LogP contribution in [0.5, 0.6) is 0 Å². The van der Waals surface area contributed by atoms with Crippen LogP contribution < -0.4 is 15.6 Å². The molecule has 122 valence electrons. The molecule has 6 heteroatoms. The van der Waals surface area contributed by atoms with Crippen LogP contribution in [0.4, 0.5) is 0 Å². The Balaban J connectivity index is 1.77. The molecule has 0 bridgehead atoms. The molecule has 2 heterocycles. The van der Waals surface area contributed by atoms with Crippen LogP contribution in [0.1, 0.15) is 22.4 Å². The number of benzene rings is 1. The number of thioether (sulfide) groups is 1. The molecule has 1 aromatic carbocycles. The van der Waals surface area contributed by atoms with Gasteiger partial charge in [0.2, 0.25) is 5.91 Å². The van der Waals surface area contributed by atoms with Crippen molar-refractivity contribution in [1.82, 2.24) is 0 Å². The first-order valence-electron chi connectivity index (χ1n) is 7.92. The number of nitrogens with one attached hydrogen (secondary N) is 2. The molecule has 1 unspecified atom stereocenters. The van der Waals surface area contributed by atoms with Crippen LogP contribution >= 0.6 is 11.8 Å². The van der Waals surface area contributed by atoms with Crippen molar-refractivity contribution in [3.05, 3.63) is 58.8 Å². The van der Waals surface area contributed by atoms with Gasteiger partial charge >= 0.3 is 0 Å². The number of H-pyrrole nitrogens is 1. The minimum absolute atomic E-state index is 0.176. The zero-order valence-electron chi connectivity index (χ0n) is 13.3. The number of nitriles is 1. The fourth-order valence-corrected chi connectivity index (χ4v) is 3.77. The fraction of sp³-hybridized carbons (Fsp3) is 0.278. The Kier molecular flexibility index (Phi) is 5.14. The Labute approximate surface area is 145 Å². The molecule has 3 rings (SSSR count). The van der Waals surface area contributed by atoms with E-state index in [2.05, 4.69) is 35.3 Å². The molecule has 1 atom stereocenters. The zero-order valence-corrected chi connectivity index (χ0v) is 14.2. The number of carbonyl (C=O) groups excluding carboxylic acids is 1. The number of nitrogens with two attached hydrogens (primary N) is 1. The Morgan fingerprint density at radius 2 is 2.17 bits per heavy atom. The maximum absolute atomic E-state index is 11.0. The van der Waals surface area contributed by atoms with Gasteiger partial charge in [-0.05, 0) is 17.8 Å². The van der Waals surface area contributed by atoms with Gasteiger partial charge in [-0.1, -0.05) is 30.3 Å². The molecule has 0 saturated carbocycles. The van der Waals surface area contributed by atoms with Gasteiger partial charge in [-0.25, -0.2) is 4.98 Å². The Hall–Kier alpha value is -2.36. The van der Waals surface area contributed by atoms with E-state index >= 15 is 0 Å². The summed E-state index contributed by atoms with van der Waals surface area (Å²) >= 11 is 1.30. The molecule has 1 aromatic heterocycles. The number of primary amides is 1. The summed E-state index contributed by atoms with van der Waals surface area (Å²) in [6.07, 6.45) is 0.938. The van der Waals surface area contributed by atoms with E-state index in [4.69, 9.17) is 5.73 Å². The fourth-order valence-electron chi connectivity index (χ4n) is 3.03. The molecule has 24 heavy (non-hydrogen) atoms. The predicted molar refractivity (Wildman–Crippen MR) is 91.0 cm³/mol. The second-order valence-corrected chi connectivity index (χ2v) is 6.96. The van der Waals surface area contributed by atoms with E-state index in [1.165, 1.54) is 27.8 Å². The topological polar surface area (TPSA) is 85.5 Å². The summed E-state index contributed by atoms with van der Waals surface area (Å²) in [6, 6.07) is 14.6. The first-order chi connectivity index (χ1) is 11.7. The van der Waals surface area contributed by atoms with E-state index in [-0.39, 0.29) is 11.7 Å². The van der Waals surface area contributed by atoms with Crippen molar-refractivity contribution in [2.24, 2.45) is 5.73 Å². The van der Waals surface area contributed by atoms with E-state index in [0.29, 0.717) is 5.56 Å². The van der Waals surface area contributed by atoms with Crippen molar-refractivity contribution in [3.8, 4) is 6.07 Å². The molecule has 2 aromatic rings. The summed E-state index contributed by atoms with van der Waals surface area (Å²) < 4.78 is 0. The monoisotopic (exact) mass is 340 g/mol. The number of carbonyl (C=O) groups is 1. The molecule has 0 spiro atoms. The molecule has 1 aliphatic heterocycles. The summed E-state index contributed by atoms with van der Waals surface area (Å²) in [4.78, 5) is 15.8. The van der Waals surface area contributed by atoms with Crippen molar-refractivity contribution in [3.63, 3.8) is 0 Å². The molecule has 0 aliphatic carbocycles. The van der Waals surface area contributed by atoms with Gasteiger partial charge in [0, 0.05) is 5.56 Å². The lowest BCUT2D eigenvalue weighted by Gasteiger charge is -2.23. The summed E-state index contributed by atoms with van der Waals surface area (Å²) in [5.41, 5.74) is 9.47. The highest BCUT2D eigenvalue weighted by atomic mass is 32.2. The van der Waals surface area contributed by atoms with E-state index in [9.17, 15) is 10.1 Å². The van der Waals surface area contributed by atoms with Crippen molar-refractivity contribution < 1.29 is 14.7 Å². The zero-order chi connectivity index (χ0) is 16.9. The molecular weight excluding hydrogens is 320 g/mol. The highest BCUT2D eigenvalue weighted by molar-refractivity contribution is 7.99. The van der Waals surface area contributed by atoms with Crippen LogP contribution in [0.15, 0.2) is 41.4 Å². The third kappa shape index (κ3) is 3.94. The minimum atomic E-state index is -0.381. The number of hydrogen-bond acceptors (Lipinski definition) is 3. The summed E-state index contributed by atoms with van der Waals surface area (Å²) in [6.45, 7) is 2.93. The number of hydrogen-bond donors (Lipinski definition) is 2. The van der Waals surface area contributed by atoms with E-state index in [0.717, 1.165) is 36.8 Å². The summed E-state index contributed by atoms with van der Waals surface area (Å²) in [7, 11) is 0. The average Bonchev–Trinajstić information content (AvgIpc) is 2.60. The van der Waals surface area contributed by atoms with E-state index in [1.54, 1.807) is 0 Å². The Morgan fingerprint density at radius 1 is 1.38 bits per heavy atom. The predicted octanol–water partition coefficient (Wildman–Crippen LogP) is 0.0910. The number of rotatable bonds is 5. The maximum atomic E-state index is 11.0.